The van der Waals surface area contributed by atoms with Gasteiger partial charge in [0.25, 0.3) is 5.56 Å². The summed E-state index contributed by atoms with van der Waals surface area (Å²) in [6.45, 7) is 6.72. The van der Waals surface area contributed by atoms with Crippen LogP contribution in [0.3, 0.4) is 0 Å². The third-order valence-corrected chi connectivity index (χ3v) is 3.58. The summed E-state index contributed by atoms with van der Waals surface area (Å²) in [5, 5.41) is 0.0879. The number of ether oxygens (including phenoxy) is 1. The number of likely N-dealkylation sites (tertiary alicyclic amines) is 1. The molecule has 0 unspecified atom stereocenters. The number of amides is 1. The third kappa shape index (κ3) is 4.20. The topological polar surface area (TPSA) is 75.3 Å². The molecule has 2 rings (SSSR count). The second-order valence-electron chi connectivity index (χ2n) is 6.19. The quantitative estimate of drug-likeness (QED) is 0.864. The van der Waals surface area contributed by atoms with Crippen LogP contribution in [0.15, 0.2) is 11.0 Å². The summed E-state index contributed by atoms with van der Waals surface area (Å²) >= 11 is 5.67. The van der Waals surface area contributed by atoms with Gasteiger partial charge in [0.15, 0.2) is 0 Å². The number of aromatic amines is 1. The van der Waals surface area contributed by atoms with Gasteiger partial charge in [0.1, 0.15) is 16.4 Å². The Labute approximate surface area is 128 Å². The first kappa shape index (κ1) is 15.8. The number of carbonyl (C=O) groups is 1. The number of carbonyl (C=O) groups excluding carboxylic acids is 1. The number of nitrogens with one attached hydrogen (secondary N) is 1. The Hall–Kier alpha value is -1.56. The van der Waals surface area contributed by atoms with Crippen molar-refractivity contribution in [2.45, 2.75) is 45.1 Å². The van der Waals surface area contributed by atoms with E-state index in [-0.39, 0.29) is 22.6 Å². The average Bonchev–Trinajstić information content (AvgIpc) is 2.40. The van der Waals surface area contributed by atoms with Gasteiger partial charge in [-0.3, -0.25) is 4.79 Å². The standard InChI is InChI=1S/C14H20ClN3O3/c1-14(2,3)21-13(20)18-6-4-9(5-7-18)11-16-8-10(15)12(19)17-11/h8-9H,4-7H2,1-3H3,(H,16,17,19). The van der Waals surface area contributed by atoms with Crippen molar-refractivity contribution in [1.82, 2.24) is 14.9 Å². The molecule has 1 fully saturated rings. The minimum Gasteiger partial charge on any atom is -0.444 e. The summed E-state index contributed by atoms with van der Waals surface area (Å²) in [6, 6.07) is 0. The number of nitrogens with zero attached hydrogens (tertiary/aromatic N) is 2. The molecular formula is C14H20ClN3O3. The summed E-state index contributed by atoms with van der Waals surface area (Å²) < 4.78 is 5.35. The van der Waals surface area contributed by atoms with Crippen LogP contribution in [0.1, 0.15) is 45.4 Å². The summed E-state index contributed by atoms with van der Waals surface area (Å²) in [5.41, 5.74) is -0.812. The van der Waals surface area contributed by atoms with Crippen LogP contribution in [0.5, 0.6) is 0 Å². The van der Waals surface area contributed by atoms with E-state index in [0.29, 0.717) is 18.9 Å². The molecule has 6 nitrogen and oxygen atoms in total. The van der Waals surface area contributed by atoms with Crippen molar-refractivity contribution in [3.05, 3.63) is 27.4 Å². The predicted molar refractivity (Wildman–Crippen MR) is 79.6 cm³/mol. The van der Waals surface area contributed by atoms with E-state index in [1.54, 1.807) is 4.90 Å². The molecule has 1 N–H and O–H groups in total. The Bertz CT molecular complexity index is 572. The van der Waals surface area contributed by atoms with Crippen molar-refractivity contribution < 1.29 is 9.53 Å². The van der Waals surface area contributed by atoms with Crippen LogP contribution in [0.4, 0.5) is 4.79 Å². The van der Waals surface area contributed by atoms with E-state index >= 15 is 0 Å². The van der Waals surface area contributed by atoms with Crippen LogP contribution in [0, 0.1) is 0 Å². The molecule has 116 valence electrons. The van der Waals surface area contributed by atoms with Gasteiger partial charge in [0.2, 0.25) is 0 Å². The lowest BCUT2D eigenvalue weighted by Crippen LogP contribution is -2.41. The Balaban J connectivity index is 1.95. The zero-order chi connectivity index (χ0) is 15.6. The number of piperidine rings is 1. The lowest BCUT2D eigenvalue weighted by atomic mass is 9.96. The molecule has 0 atom stereocenters. The van der Waals surface area contributed by atoms with Gasteiger partial charge in [-0.1, -0.05) is 11.6 Å². The highest BCUT2D eigenvalue weighted by atomic mass is 35.5. The van der Waals surface area contributed by atoms with E-state index < -0.39 is 5.60 Å². The van der Waals surface area contributed by atoms with Gasteiger partial charge in [-0.25, -0.2) is 9.78 Å². The van der Waals surface area contributed by atoms with Gasteiger partial charge in [0.05, 0.1) is 6.20 Å². The molecule has 1 amide bonds. The van der Waals surface area contributed by atoms with Crippen LogP contribution < -0.4 is 5.56 Å². The molecule has 1 aliphatic heterocycles. The SMILES string of the molecule is CC(C)(C)OC(=O)N1CCC(c2ncc(Cl)c(=O)[nH]2)CC1. The van der Waals surface area contributed by atoms with Crippen LogP contribution >= 0.6 is 11.6 Å². The van der Waals surface area contributed by atoms with Crippen molar-refractivity contribution in [3.63, 3.8) is 0 Å². The number of hydrogen-bond donors (Lipinski definition) is 1. The molecule has 1 aliphatic rings. The van der Waals surface area contributed by atoms with E-state index in [1.807, 2.05) is 20.8 Å². The molecule has 21 heavy (non-hydrogen) atoms. The average molecular weight is 314 g/mol. The summed E-state index contributed by atoms with van der Waals surface area (Å²) in [6.07, 6.45) is 2.56. The molecule has 0 bridgehead atoms. The van der Waals surface area contributed by atoms with E-state index in [1.165, 1.54) is 6.20 Å². The summed E-state index contributed by atoms with van der Waals surface area (Å²) in [5.74, 6) is 0.766. The molecule has 7 heteroatoms. The maximum absolute atomic E-state index is 12.0. The number of aromatic nitrogens is 2. The molecule has 1 aromatic rings. The van der Waals surface area contributed by atoms with Crippen LogP contribution in [-0.4, -0.2) is 39.7 Å². The van der Waals surface area contributed by atoms with Crippen LogP contribution in [0.25, 0.3) is 0 Å². The fourth-order valence-corrected chi connectivity index (χ4v) is 2.36. The van der Waals surface area contributed by atoms with Gasteiger partial charge < -0.3 is 14.6 Å². The molecule has 0 radical (unpaired) electrons. The highest BCUT2D eigenvalue weighted by molar-refractivity contribution is 6.30. The number of hydrogen-bond acceptors (Lipinski definition) is 4. The second kappa shape index (κ2) is 6.05. The highest BCUT2D eigenvalue weighted by Crippen LogP contribution is 2.26. The minimum absolute atomic E-state index is 0.0879. The lowest BCUT2D eigenvalue weighted by molar-refractivity contribution is 0.0203. The summed E-state index contributed by atoms with van der Waals surface area (Å²) in [7, 11) is 0. The zero-order valence-electron chi connectivity index (χ0n) is 12.5. The largest absolute Gasteiger partial charge is 0.444 e. The van der Waals surface area contributed by atoms with E-state index in [9.17, 15) is 9.59 Å². The Morgan fingerprint density at radius 1 is 1.43 bits per heavy atom. The molecule has 0 spiro atoms. The molecule has 1 saturated heterocycles. The fraction of sp³-hybridized carbons (Fsp3) is 0.643. The first-order valence-electron chi connectivity index (χ1n) is 6.99. The summed E-state index contributed by atoms with van der Waals surface area (Å²) in [4.78, 5) is 32.0. The first-order valence-corrected chi connectivity index (χ1v) is 7.37. The molecule has 2 heterocycles. The second-order valence-corrected chi connectivity index (χ2v) is 6.59. The monoisotopic (exact) mass is 313 g/mol. The van der Waals surface area contributed by atoms with Gasteiger partial charge in [-0.05, 0) is 33.6 Å². The van der Waals surface area contributed by atoms with Crippen LogP contribution in [-0.2, 0) is 4.74 Å². The number of halogens is 1. The lowest BCUT2D eigenvalue weighted by Gasteiger charge is -2.33. The molecule has 0 saturated carbocycles. The first-order chi connectivity index (χ1) is 9.76. The van der Waals surface area contributed by atoms with Gasteiger partial charge in [0, 0.05) is 19.0 Å². The number of rotatable bonds is 1. The minimum atomic E-state index is -0.489. The Morgan fingerprint density at radius 3 is 2.57 bits per heavy atom. The molecule has 1 aromatic heterocycles. The predicted octanol–water partition coefficient (Wildman–Crippen LogP) is 2.54. The van der Waals surface area contributed by atoms with E-state index in [2.05, 4.69) is 9.97 Å². The maximum atomic E-state index is 12.0. The fourth-order valence-electron chi connectivity index (χ4n) is 2.26. The number of H-pyrrole nitrogens is 1. The van der Waals surface area contributed by atoms with E-state index in [0.717, 1.165) is 12.8 Å². The van der Waals surface area contributed by atoms with Gasteiger partial charge in [-0.2, -0.15) is 0 Å². The van der Waals surface area contributed by atoms with Crippen molar-refractivity contribution in [1.29, 1.82) is 0 Å². The highest BCUT2D eigenvalue weighted by Gasteiger charge is 2.28. The third-order valence-electron chi connectivity index (χ3n) is 3.31. The van der Waals surface area contributed by atoms with Gasteiger partial charge >= 0.3 is 6.09 Å². The maximum Gasteiger partial charge on any atom is 0.410 e. The smallest absolute Gasteiger partial charge is 0.410 e. The van der Waals surface area contributed by atoms with Crippen molar-refractivity contribution in [2.24, 2.45) is 0 Å². The van der Waals surface area contributed by atoms with Crippen molar-refractivity contribution >= 4 is 17.7 Å². The van der Waals surface area contributed by atoms with E-state index in [4.69, 9.17) is 16.3 Å². The molecular weight excluding hydrogens is 294 g/mol. The van der Waals surface area contributed by atoms with Crippen LogP contribution in [0.2, 0.25) is 5.02 Å². The van der Waals surface area contributed by atoms with Crippen molar-refractivity contribution in [2.75, 3.05) is 13.1 Å². The zero-order valence-corrected chi connectivity index (χ0v) is 13.2. The Morgan fingerprint density at radius 2 is 2.05 bits per heavy atom. The van der Waals surface area contributed by atoms with Crippen molar-refractivity contribution in [3.8, 4) is 0 Å². The molecule has 0 aliphatic carbocycles. The van der Waals surface area contributed by atoms with Gasteiger partial charge in [-0.15, -0.1) is 0 Å². The normalized spacial score (nSPS) is 16.9. The Kier molecular flexibility index (Phi) is 4.56. The molecule has 0 aromatic carbocycles.